The van der Waals surface area contributed by atoms with Crippen molar-refractivity contribution in [1.82, 2.24) is 9.88 Å². The minimum atomic E-state index is -4.41. The number of carboxylic acids is 1. The van der Waals surface area contributed by atoms with E-state index in [4.69, 9.17) is 9.94 Å². The molecule has 2 aliphatic rings. The van der Waals surface area contributed by atoms with Crippen molar-refractivity contribution in [3.8, 4) is 11.1 Å². The number of aromatic carboxylic acids is 1. The summed E-state index contributed by atoms with van der Waals surface area (Å²) >= 11 is 0. The highest BCUT2D eigenvalue weighted by molar-refractivity contribution is 6.02. The van der Waals surface area contributed by atoms with E-state index in [2.05, 4.69) is 15.0 Å². The van der Waals surface area contributed by atoms with Crippen LogP contribution in [0.1, 0.15) is 46.3 Å². The third kappa shape index (κ3) is 4.97. The highest BCUT2D eigenvalue weighted by Crippen LogP contribution is 2.38. The van der Waals surface area contributed by atoms with Gasteiger partial charge in [0.15, 0.2) is 0 Å². The lowest BCUT2D eigenvalue weighted by atomic mass is 9.85. The average Bonchev–Trinajstić information content (AvgIpc) is 3.29. The Morgan fingerprint density at radius 1 is 1.06 bits per heavy atom. The summed E-state index contributed by atoms with van der Waals surface area (Å²) in [6, 6.07) is 14.0. The molecule has 1 fully saturated rings. The Bertz CT molecular complexity index is 1280. The van der Waals surface area contributed by atoms with Gasteiger partial charge in [-0.1, -0.05) is 29.4 Å². The molecule has 3 heterocycles. The fraction of sp³-hybridized carbons (Fsp3) is 0.296. The molecule has 6 nitrogen and oxygen atoms in total. The van der Waals surface area contributed by atoms with Gasteiger partial charge in [-0.25, -0.2) is 4.79 Å². The number of carboxylic acid groups (broad SMARTS) is 1. The Balaban J connectivity index is 1.28. The predicted molar refractivity (Wildman–Crippen MR) is 128 cm³/mol. The number of oxime groups is 1. The third-order valence-electron chi connectivity index (χ3n) is 6.87. The number of piperidine rings is 1. The van der Waals surface area contributed by atoms with E-state index in [-0.39, 0.29) is 5.56 Å². The lowest BCUT2D eigenvalue weighted by Gasteiger charge is -2.37. The molecule has 0 amide bonds. The Morgan fingerprint density at radius 2 is 1.81 bits per heavy atom. The molecule has 1 aromatic heterocycles. The molecular formula is C27H24F3N3O3. The minimum Gasteiger partial charge on any atom is -0.478 e. The first-order valence-electron chi connectivity index (χ1n) is 11.6. The number of halogens is 3. The maximum Gasteiger partial charge on any atom is 0.416 e. The number of hydrogen-bond acceptors (Lipinski definition) is 5. The van der Waals surface area contributed by atoms with Gasteiger partial charge in [-0.05, 0) is 47.0 Å². The smallest absolute Gasteiger partial charge is 0.416 e. The Kier molecular flexibility index (Phi) is 6.26. The highest BCUT2D eigenvalue weighted by atomic mass is 19.4. The zero-order valence-electron chi connectivity index (χ0n) is 19.3. The normalized spacial score (nSPS) is 17.6. The second kappa shape index (κ2) is 9.39. The van der Waals surface area contributed by atoms with Crippen LogP contribution in [0.25, 0.3) is 11.1 Å². The molecule has 2 aromatic carbocycles. The first kappa shape index (κ1) is 24.0. The van der Waals surface area contributed by atoms with Gasteiger partial charge in [0.1, 0.15) is 5.60 Å². The van der Waals surface area contributed by atoms with E-state index in [0.717, 1.165) is 28.5 Å². The van der Waals surface area contributed by atoms with Crippen molar-refractivity contribution in [1.29, 1.82) is 0 Å². The monoisotopic (exact) mass is 495 g/mol. The van der Waals surface area contributed by atoms with E-state index >= 15 is 0 Å². The predicted octanol–water partition coefficient (Wildman–Crippen LogP) is 5.62. The van der Waals surface area contributed by atoms with Crippen LogP contribution in [-0.4, -0.2) is 45.4 Å². The van der Waals surface area contributed by atoms with Crippen molar-refractivity contribution in [2.24, 2.45) is 5.16 Å². The van der Waals surface area contributed by atoms with Gasteiger partial charge in [-0.15, -0.1) is 0 Å². The second-order valence-electron chi connectivity index (χ2n) is 9.26. The molecule has 1 spiro atoms. The van der Waals surface area contributed by atoms with E-state index in [9.17, 15) is 18.0 Å². The summed E-state index contributed by atoms with van der Waals surface area (Å²) in [6.07, 6.45) is 0.865. The molecule has 0 aliphatic carbocycles. The number of hydrogen-bond donors (Lipinski definition) is 1. The van der Waals surface area contributed by atoms with Gasteiger partial charge in [-0.3, -0.25) is 9.88 Å². The first-order valence-corrected chi connectivity index (χ1v) is 11.6. The Hall–Kier alpha value is -3.72. The van der Waals surface area contributed by atoms with Gasteiger partial charge in [0.2, 0.25) is 0 Å². The molecule has 36 heavy (non-hydrogen) atoms. The molecule has 186 valence electrons. The fourth-order valence-electron chi connectivity index (χ4n) is 4.81. The first-order chi connectivity index (χ1) is 17.2. The second-order valence-corrected chi connectivity index (χ2v) is 9.26. The van der Waals surface area contributed by atoms with E-state index in [1.54, 1.807) is 42.7 Å². The van der Waals surface area contributed by atoms with Gasteiger partial charge < -0.3 is 9.94 Å². The highest BCUT2D eigenvalue weighted by Gasteiger charge is 2.42. The van der Waals surface area contributed by atoms with Gasteiger partial charge in [0.25, 0.3) is 0 Å². The number of aromatic nitrogens is 1. The summed E-state index contributed by atoms with van der Waals surface area (Å²) in [5.41, 5.74) is 2.83. The fourth-order valence-corrected chi connectivity index (χ4v) is 4.81. The number of benzene rings is 2. The van der Waals surface area contributed by atoms with Crippen LogP contribution in [0.5, 0.6) is 0 Å². The largest absolute Gasteiger partial charge is 0.478 e. The molecule has 1 saturated heterocycles. The standard InChI is InChI=1S/C27H24F3N3O3/c28-27(29,30)22-7-8-23(20-2-1-11-31-16-20)21(14-22)17-33-12-9-26(10-13-33)15-24(32-36-26)18-3-5-19(6-4-18)25(34)35/h1-8,11,14,16H,9-10,12-13,15,17H2,(H,34,35). The van der Waals surface area contributed by atoms with Gasteiger partial charge >= 0.3 is 12.1 Å². The van der Waals surface area contributed by atoms with Crippen molar-refractivity contribution in [2.75, 3.05) is 13.1 Å². The topological polar surface area (TPSA) is 75.0 Å². The summed E-state index contributed by atoms with van der Waals surface area (Å²) < 4.78 is 40.3. The van der Waals surface area contributed by atoms with Crippen molar-refractivity contribution >= 4 is 11.7 Å². The quantitative estimate of drug-likeness (QED) is 0.497. The molecule has 5 rings (SSSR count). The van der Waals surface area contributed by atoms with Crippen LogP contribution in [0.4, 0.5) is 13.2 Å². The molecule has 0 bridgehead atoms. The summed E-state index contributed by atoms with van der Waals surface area (Å²) in [5.74, 6) is -0.984. The average molecular weight is 496 g/mol. The Morgan fingerprint density at radius 3 is 2.44 bits per heavy atom. The van der Waals surface area contributed by atoms with Crippen LogP contribution in [0.2, 0.25) is 0 Å². The van der Waals surface area contributed by atoms with Crippen molar-refractivity contribution in [2.45, 2.75) is 37.6 Å². The van der Waals surface area contributed by atoms with E-state index in [1.807, 2.05) is 6.07 Å². The number of rotatable bonds is 5. The van der Waals surface area contributed by atoms with Crippen molar-refractivity contribution in [3.63, 3.8) is 0 Å². The lowest BCUT2D eigenvalue weighted by Crippen LogP contribution is -2.44. The van der Waals surface area contributed by atoms with Gasteiger partial charge in [0, 0.05) is 56.9 Å². The van der Waals surface area contributed by atoms with E-state index < -0.39 is 23.3 Å². The molecule has 0 atom stereocenters. The van der Waals surface area contributed by atoms with Crippen molar-refractivity contribution < 1.29 is 27.9 Å². The van der Waals surface area contributed by atoms with Crippen LogP contribution in [0, 0.1) is 0 Å². The molecule has 3 aromatic rings. The molecule has 1 N–H and O–H groups in total. The summed E-state index contributed by atoms with van der Waals surface area (Å²) in [6.45, 7) is 1.70. The zero-order valence-corrected chi connectivity index (χ0v) is 19.3. The number of carbonyl (C=O) groups is 1. The number of nitrogens with zero attached hydrogens (tertiary/aromatic N) is 3. The van der Waals surface area contributed by atoms with E-state index in [0.29, 0.717) is 44.5 Å². The summed E-state index contributed by atoms with van der Waals surface area (Å²) in [7, 11) is 0. The zero-order chi connectivity index (χ0) is 25.3. The molecule has 0 radical (unpaired) electrons. The van der Waals surface area contributed by atoms with Crippen molar-refractivity contribution in [3.05, 3.63) is 89.2 Å². The Labute approximate surface area is 206 Å². The van der Waals surface area contributed by atoms with Crippen LogP contribution in [-0.2, 0) is 17.6 Å². The number of alkyl halides is 3. The number of likely N-dealkylation sites (tertiary alicyclic amines) is 1. The molecule has 0 saturated carbocycles. The van der Waals surface area contributed by atoms with E-state index in [1.165, 1.54) is 12.1 Å². The SMILES string of the molecule is O=C(O)c1ccc(C2=NOC3(CCN(Cc4cc(C(F)(F)F)ccc4-c4cccnc4)CC3)C2)cc1. The van der Waals surface area contributed by atoms with Gasteiger partial charge in [-0.2, -0.15) is 13.2 Å². The molecule has 9 heteroatoms. The maximum absolute atomic E-state index is 13.4. The van der Waals surface area contributed by atoms with Crippen LogP contribution in [0.3, 0.4) is 0 Å². The summed E-state index contributed by atoms with van der Waals surface area (Å²) in [5, 5.41) is 13.4. The van der Waals surface area contributed by atoms with Crippen LogP contribution < -0.4 is 0 Å². The van der Waals surface area contributed by atoms with Gasteiger partial charge in [0.05, 0.1) is 16.8 Å². The summed E-state index contributed by atoms with van der Waals surface area (Å²) in [4.78, 5) is 23.2. The number of pyridine rings is 1. The third-order valence-corrected chi connectivity index (χ3v) is 6.87. The lowest BCUT2D eigenvalue weighted by molar-refractivity contribution is -0.137. The molecule has 0 unspecified atom stereocenters. The molecular weight excluding hydrogens is 471 g/mol. The maximum atomic E-state index is 13.4. The molecule has 2 aliphatic heterocycles. The van der Waals surface area contributed by atoms with Crippen LogP contribution in [0.15, 0.2) is 72.1 Å². The van der Waals surface area contributed by atoms with Crippen LogP contribution >= 0.6 is 0 Å². The minimum absolute atomic E-state index is 0.210.